The van der Waals surface area contributed by atoms with Crippen molar-refractivity contribution in [2.45, 2.75) is 25.8 Å². The Hall–Kier alpha value is -2.14. The molecule has 0 radical (unpaired) electrons. The quantitative estimate of drug-likeness (QED) is 0.806. The van der Waals surface area contributed by atoms with Crippen molar-refractivity contribution in [3.05, 3.63) is 48.0 Å². The van der Waals surface area contributed by atoms with Gasteiger partial charge in [0, 0.05) is 32.8 Å². The average Bonchev–Trinajstić information content (AvgIpc) is 3.13. The molecule has 0 unspecified atom stereocenters. The molecule has 0 aliphatic carbocycles. The van der Waals surface area contributed by atoms with Gasteiger partial charge in [-0.1, -0.05) is 12.1 Å². The lowest BCUT2D eigenvalue weighted by atomic mass is 9.94. The van der Waals surface area contributed by atoms with E-state index in [-0.39, 0.29) is 0 Å². The molecule has 0 saturated carbocycles. The van der Waals surface area contributed by atoms with E-state index in [1.54, 1.807) is 0 Å². The lowest BCUT2D eigenvalue weighted by Crippen LogP contribution is -2.36. The lowest BCUT2D eigenvalue weighted by molar-refractivity contribution is 0.162. The Morgan fingerprint density at radius 3 is 3.00 bits per heavy atom. The van der Waals surface area contributed by atoms with E-state index in [2.05, 4.69) is 39.2 Å². The normalized spacial score (nSPS) is 19.4. The van der Waals surface area contributed by atoms with Crippen LogP contribution in [0, 0.1) is 5.92 Å². The number of fused-ring (bicyclic) bond motifs is 1. The summed E-state index contributed by atoms with van der Waals surface area (Å²) in [5.74, 6) is 1.80. The molecule has 1 aliphatic heterocycles. The number of aryl methyl sites for hydroxylation is 1. The first-order valence-corrected chi connectivity index (χ1v) is 8.41. The molecule has 3 heterocycles. The number of aromatic nitrogens is 4. The largest absolute Gasteiger partial charge is 0.342 e. The molecule has 3 aromatic rings. The summed E-state index contributed by atoms with van der Waals surface area (Å²) in [6, 6.07) is 10.4. The fourth-order valence-electron chi connectivity index (χ4n) is 3.62. The topological polar surface area (TPSA) is 49.7 Å². The van der Waals surface area contributed by atoms with E-state index >= 15 is 0 Å². The van der Waals surface area contributed by atoms with Gasteiger partial charge in [-0.3, -0.25) is 9.58 Å². The highest BCUT2D eigenvalue weighted by Gasteiger charge is 2.22. The molecule has 120 valence electrons. The first-order chi connectivity index (χ1) is 11.3. The van der Waals surface area contributed by atoms with E-state index in [0.29, 0.717) is 5.92 Å². The Balaban J connectivity index is 1.42. The number of rotatable bonds is 4. The molecule has 1 fully saturated rings. The summed E-state index contributed by atoms with van der Waals surface area (Å²) in [4.78, 5) is 10.8. The summed E-state index contributed by atoms with van der Waals surface area (Å²) in [6.07, 6.45) is 5.48. The predicted octanol–water partition coefficient (Wildman–Crippen LogP) is 2.75. The molecule has 1 atom stereocenters. The maximum atomic E-state index is 4.73. The van der Waals surface area contributed by atoms with E-state index in [4.69, 9.17) is 4.98 Å². The number of nitrogens with one attached hydrogen (secondary N) is 1. The van der Waals surface area contributed by atoms with Crippen LogP contribution in [0.15, 0.2) is 36.5 Å². The van der Waals surface area contributed by atoms with Crippen LogP contribution in [0.2, 0.25) is 0 Å². The molecule has 1 aliphatic rings. The van der Waals surface area contributed by atoms with Crippen LogP contribution in [0.1, 0.15) is 24.4 Å². The Morgan fingerprint density at radius 2 is 2.17 bits per heavy atom. The highest BCUT2D eigenvalue weighted by molar-refractivity contribution is 5.74. The van der Waals surface area contributed by atoms with Crippen LogP contribution in [0.5, 0.6) is 0 Å². The standard InChI is InChI=1S/C18H23N5/c1-22-15(8-9-19-22)13-23-10-4-5-14(12-23)11-18-20-16-6-2-3-7-17(16)21-18/h2-3,6-9,14H,4-5,10-13H2,1H3,(H,20,21)/t14-/m0/s1. The fraction of sp³-hybridized carbons (Fsp3) is 0.444. The first-order valence-electron chi connectivity index (χ1n) is 8.41. The van der Waals surface area contributed by atoms with Crippen LogP contribution in [0.25, 0.3) is 11.0 Å². The summed E-state index contributed by atoms with van der Waals surface area (Å²) >= 11 is 0. The number of piperidine rings is 1. The van der Waals surface area contributed by atoms with Gasteiger partial charge < -0.3 is 4.98 Å². The first kappa shape index (κ1) is 14.5. The van der Waals surface area contributed by atoms with E-state index in [1.807, 2.05) is 24.0 Å². The van der Waals surface area contributed by atoms with Crippen molar-refractivity contribution in [1.29, 1.82) is 0 Å². The van der Waals surface area contributed by atoms with Crippen molar-refractivity contribution < 1.29 is 0 Å². The van der Waals surface area contributed by atoms with Crippen LogP contribution < -0.4 is 0 Å². The zero-order valence-electron chi connectivity index (χ0n) is 13.6. The van der Waals surface area contributed by atoms with Crippen molar-refractivity contribution in [2.24, 2.45) is 13.0 Å². The van der Waals surface area contributed by atoms with Crippen LogP contribution >= 0.6 is 0 Å². The van der Waals surface area contributed by atoms with Crippen molar-refractivity contribution in [1.82, 2.24) is 24.6 Å². The van der Waals surface area contributed by atoms with Gasteiger partial charge in [0.05, 0.1) is 16.7 Å². The molecule has 0 amide bonds. The van der Waals surface area contributed by atoms with Crippen LogP contribution in [0.4, 0.5) is 0 Å². The summed E-state index contributed by atoms with van der Waals surface area (Å²) in [6.45, 7) is 3.32. The number of nitrogens with zero attached hydrogens (tertiary/aromatic N) is 4. The molecule has 5 nitrogen and oxygen atoms in total. The van der Waals surface area contributed by atoms with Gasteiger partial charge >= 0.3 is 0 Å². The molecule has 23 heavy (non-hydrogen) atoms. The average molecular weight is 309 g/mol. The minimum absolute atomic E-state index is 0.678. The molecule has 2 aromatic heterocycles. The maximum Gasteiger partial charge on any atom is 0.107 e. The Kier molecular flexibility index (Phi) is 3.87. The van der Waals surface area contributed by atoms with Gasteiger partial charge in [0.15, 0.2) is 0 Å². The summed E-state index contributed by atoms with van der Waals surface area (Å²) in [7, 11) is 2.02. The third-order valence-corrected chi connectivity index (χ3v) is 4.83. The minimum atomic E-state index is 0.678. The van der Waals surface area contributed by atoms with Gasteiger partial charge in [0.1, 0.15) is 5.82 Å². The van der Waals surface area contributed by atoms with Gasteiger partial charge in [0.25, 0.3) is 0 Å². The number of likely N-dealkylation sites (tertiary alicyclic amines) is 1. The molecular weight excluding hydrogens is 286 g/mol. The van der Waals surface area contributed by atoms with Crippen LogP contribution in [0.3, 0.4) is 0 Å². The monoisotopic (exact) mass is 309 g/mol. The van der Waals surface area contributed by atoms with Crippen LogP contribution in [-0.2, 0) is 20.0 Å². The minimum Gasteiger partial charge on any atom is -0.342 e. The van der Waals surface area contributed by atoms with Crippen molar-refractivity contribution >= 4 is 11.0 Å². The van der Waals surface area contributed by atoms with Crippen molar-refractivity contribution in [2.75, 3.05) is 13.1 Å². The molecule has 0 spiro atoms. The van der Waals surface area contributed by atoms with Gasteiger partial charge in [-0.2, -0.15) is 5.10 Å². The van der Waals surface area contributed by atoms with E-state index in [9.17, 15) is 0 Å². The van der Waals surface area contributed by atoms with Gasteiger partial charge in [-0.25, -0.2) is 4.98 Å². The molecule has 0 bridgehead atoms. The second-order valence-corrected chi connectivity index (χ2v) is 6.59. The highest BCUT2D eigenvalue weighted by Crippen LogP contribution is 2.22. The smallest absolute Gasteiger partial charge is 0.107 e. The van der Waals surface area contributed by atoms with Crippen molar-refractivity contribution in [3.63, 3.8) is 0 Å². The Bertz CT molecular complexity index is 754. The van der Waals surface area contributed by atoms with E-state index in [1.165, 1.54) is 25.1 Å². The Labute approximate surface area is 136 Å². The molecule has 1 saturated heterocycles. The SMILES string of the molecule is Cn1nccc1CN1CCC[C@@H](Cc2nc3ccccc3[nH]2)C1. The lowest BCUT2D eigenvalue weighted by Gasteiger charge is -2.32. The van der Waals surface area contributed by atoms with Crippen LogP contribution in [-0.4, -0.2) is 37.7 Å². The Morgan fingerprint density at radius 1 is 1.26 bits per heavy atom. The number of hydrogen-bond acceptors (Lipinski definition) is 3. The van der Waals surface area contributed by atoms with Gasteiger partial charge in [-0.15, -0.1) is 0 Å². The number of para-hydroxylation sites is 2. The maximum absolute atomic E-state index is 4.73. The van der Waals surface area contributed by atoms with Crippen molar-refractivity contribution in [3.8, 4) is 0 Å². The molecule has 4 rings (SSSR count). The predicted molar refractivity (Wildman–Crippen MR) is 91.0 cm³/mol. The molecule has 1 N–H and O–H groups in total. The number of hydrogen-bond donors (Lipinski definition) is 1. The van der Waals surface area contributed by atoms with E-state index < -0.39 is 0 Å². The number of aromatic amines is 1. The second-order valence-electron chi connectivity index (χ2n) is 6.59. The molecule has 1 aromatic carbocycles. The zero-order chi connectivity index (χ0) is 15.6. The molecular formula is C18H23N5. The third-order valence-electron chi connectivity index (χ3n) is 4.83. The fourth-order valence-corrected chi connectivity index (χ4v) is 3.62. The number of H-pyrrole nitrogens is 1. The van der Waals surface area contributed by atoms with E-state index in [0.717, 1.165) is 36.4 Å². The van der Waals surface area contributed by atoms with Gasteiger partial charge in [0.2, 0.25) is 0 Å². The second kappa shape index (κ2) is 6.16. The van der Waals surface area contributed by atoms with Gasteiger partial charge in [-0.05, 0) is 43.5 Å². The number of imidazole rings is 1. The molecule has 5 heteroatoms. The highest BCUT2D eigenvalue weighted by atomic mass is 15.3. The summed E-state index contributed by atoms with van der Waals surface area (Å²) < 4.78 is 1.98. The third kappa shape index (κ3) is 3.15. The zero-order valence-corrected chi connectivity index (χ0v) is 13.6. The summed E-state index contributed by atoms with van der Waals surface area (Å²) in [5, 5.41) is 4.27. The summed E-state index contributed by atoms with van der Waals surface area (Å²) in [5.41, 5.74) is 3.50. The number of benzene rings is 1.